The van der Waals surface area contributed by atoms with Crippen molar-refractivity contribution >= 4 is 27.6 Å². The van der Waals surface area contributed by atoms with Crippen LogP contribution in [0.15, 0.2) is 42.5 Å². The van der Waals surface area contributed by atoms with E-state index in [4.69, 9.17) is 14.2 Å². The summed E-state index contributed by atoms with van der Waals surface area (Å²) >= 11 is 0. The van der Waals surface area contributed by atoms with Gasteiger partial charge in [0.1, 0.15) is 18.0 Å². The fourth-order valence-corrected chi connectivity index (χ4v) is 5.04. The first kappa shape index (κ1) is 23.4. The highest BCUT2D eigenvalue weighted by Gasteiger charge is 2.28. The van der Waals surface area contributed by atoms with Gasteiger partial charge in [-0.3, -0.25) is 13.9 Å². The Hall–Kier alpha value is -3.27. The molecule has 0 aliphatic carbocycles. The minimum atomic E-state index is -3.31. The topological polar surface area (TPSA) is 102 Å². The summed E-state index contributed by atoms with van der Waals surface area (Å²) in [5.74, 6) is 0.271. The summed E-state index contributed by atoms with van der Waals surface area (Å²) in [6.07, 6.45) is 0.569. The molecular formula is C22H26N2O7S. The van der Waals surface area contributed by atoms with Gasteiger partial charge in [0.25, 0.3) is 5.91 Å². The normalized spacial score (nSPS) is 14.7. The van der Waals surface area contributed by atoms with Crippen LogP contribution in [0.3, 0.4) is 0 Å². The molecule has 2 aromatic rings. The number of benzene rings is 2. The van der Waals surface area contributed by atoms with Gasteiger partial charge in [0, 0.05) is 24.7 Å². The van der Waals surface area contributed by atoms with E-state index in [2.05, 4.69) is 0 Å². The van der Waals surface area contributed by atoms with E-state index in [0.717, 1.165) is 0 Å². The van der Waals surface area contributed by atoms with Gasteiger partial charge in [-0.25, -0.2) is 8.42 Å². The molecule has 172 valence electrons. The van der Waals surface area contributed by atoms with Crippen LogP contribution in [0.1, 0.15) is 22.3 Å². The maximum Gasteiger partial charge on any atom is 0.325 e. The maximum atomic E-state index is 13.2. The first-order valence-corrected chi connectivity index (χ1v) is 11.6. The second-order valence-corrected chi connectivity index (χ2v) is 9.26. The Morgan fingerprint density at radius 3 is 2.12 bits per heavy atom. The van der Waals surface area contributed by atoms with Gasteiger partial charge in [-0.1, -0.05) is 0 Å². The third-order valence-corrected chi connectivity index (χ3v) is 6.99. The molecule has 10 heteroatoms. The number of ether oxygens (including phenoxy) is 3. The highest BCUT2D eigenvalue weighted by molar-refractivity contribution is 7.93. The number of hydrogen-bond donors (Lipinski definition) is 0. The Labute approximate surface area is 187 Å². The van der Waals surface area contributed by atoms with Crippen LogP contribution in [-0.4, -0.2) is 65.4 Å². The molecule has 1 heterocycles. The quantitative estimate of drug-likeness (QED) is 0.553. The number of anilines is 1. The molecule has 0 saturated carbocycles. The molecule has 1 fully saturated rings. The van der Waals surface area contributed by atoms with E-state index >= 15 is 0 Å². The second-order valence-electron chi connectivity index (χ2n) is 7.25. The summed E-state index contributed by atoms with van der Waals surface area (Å²) in [5, 5.41) is 0. The van der Waals surface area contributed by atoms with Gasteiger partial charge < -0.3 is 19.1 Å². The predicted molar refractivity (Wildman–Crippen MR) is 118 cm³/mol. The van der Waals surface area contributed by atoms with Crippen molar-refractivity contribution in [2.45, 2.75) is 13.0 Å². The average Bonchev–Trinajstić information content (AvgIpc) is 3.16. The number of carbonyl (C=O) groups excluding carboxylic acids is 2. The van der Waals surface area contributed by atoms with Crippen LogP contribution in [0.4, 0.5) is 5.69 Å². The molecule has 1 amide bonds. The zero-order valence-electron chi connectivity index (χ0n) is 18.2. The molecular weight excluding hydrogens is 436 g/mol. The Morgan fingerprint density at radius 2 is 1.62 bits per heavy atom. The molecule has 1 aliphatic rings. The van der Waals surface area contributed by atoms with Crippen molar-refractivity contribution in [2.75, 3.05) is 44.5 Å². The lowest BCUT2D eigenvalue weighted by atomic mass is 10.1. The zero-order chi connectivity index (χ0) is 23.3. The lowest BCUT2D eigenvalue weighted by molar-refractivity contribution is -0.141. The molecule has 0 N–H and O–H groups in total. The molecule has 0 atom stereocenters. The smallest absolute Gasteiger partial charge is 0.325 e. The molecule has 0 aromatic heterocycles. The molecule has 0 bridgehead atoms. The van der Waals surface area contributed by atoms with Gasteiger partial charge in [-0.05, 0) is 48.4 Å². The minimum Gasteiger partial charge on any atom is -0.497 e. The molecule has 0 radical (unpaired) electrons. The van der Waals surface area contributed by atoms with E-state index in [1.807, 2.05) is 0 Å². The largest absolute Gasteiger partial charge is 0.497 e. The van der Waals surface area contributed by atoms with Gasteiger partial charge in [0.05, 0.1) is 32.8 Å². The van der Waals surface area contributed by atoms with Gasteiger partial charge in [0.2, 0.25) is 10.0 Å². The van der Waals surface area contributed by atoms with Crippen molar-refractivity contribution < 1.29 is 32.2 Å². The molecule has 0 spiro atoms. The highest BCUT2D eigenvalue weighted by Crippen LogP contribution is 2.26. The van der Waals surface area contributed by atoms with E-state index in [-0.39, 0.29) is 18.8 Å². The standard InChI is InChI=1S/C22H26N2O7S/c1-29-19-11-16(12-20(13-19)30-2)14-23(15-21(25)31-3)22(26)17-5-7-18(8-6-17)24-9-4-10-32(24,27)28/h5-8,11-13H,4,9-10,14-15H2,1-3H3. The Bertz CT molecular complexity index is 1060. The number of rotatable bonds is 8. The van der Waals surface area contributed by atoms with Crippen LogP contribution >= 0.6 is 0 Å². The number of nitrogens with zero attached hydrogens (tertiary/aromatic N) is 2. The summed E-state index contributed by atoms with van der Waals surface area (Å²) in [6.45, 7) is 0.280. The Balaban J connectivity index is 1.85. The van der Waals surface area contributed by atoms with Crippen molar-refractivity contribution in [1.29, 1.82) is 0 Å². The summed E-state index contributed by atoms with van der Waals surface area (Å²) in [6, 6.07) is 11.5. The Kier molecular flexibility index (Phi) is 7.24. The fourth-order valence-electron chi connectivity index (χ4n) is 3.48. The van der Waals surface area contributed by atoms with Crippen molar-refractivity contribution in [2.24, 2.45) is 0 Å². The van der Waals surface area contributed by atoms with Crippen molar-refractivity contribution in [3.05, 3.63) is 53.6 Å². The number of esters is 1. The Morgan fingerprint density at radius 1 is 1.00 bits per heavy atom. The molecule has 1 aliphatic heterocycles. The lowest BCUT2D eigenvalue weighted by Crippen LogP contribution is -2.35. The van der Waals surface area contributed by atoms with E-state index in [9.17, 15) is 18.0 Å². The summed E-state index contributed by atoms with van der Waals surface area (Å²) in [5.41, 5.74) is 1.54. The van der Waals surface area contributed by atoms with Crippen LogP contribution < -0.4 is 13.8 Å². The molecule has 3 rings (SSSR count). The van der Waals surface area contributed by atoms with Crippen LogP contribution in [0.25, 0.3) is 0 Å². The monoisotopic (exact) mass is 462 g/mol. The van der Waals surface area contributed by atoms with Crippen molar-refractivity contribution in [3.8, 4) is 11.5 Å². The van der Waals surface area contributed by atoms with Gasteiger partial charge >= 0.3 is 5.97 Å². The van der Waals surface area contributed by atoms with Crippen molar-refractivity contribution in [1.82, 2.24) is 4.90 Å². The number of sulfonamides is 1. The van der Waals surface area contributed by atoms with Crippen LogP contribution in [0, 0.1) is 0 Å². The van der Waals surface area contributed by atoms with Gasteiger partial charge in [-0.2, -0.15) is 0 Å². The van der Waals surface area contributed by atoms with E-state index in [1.165, 1.54) is 30.5 Å². The first-order chi connectivity index (χ1) is 15.3. The number of amides is 1. The lowest BCUT2D eigenvalue weighted by Gasteiger charge is -2.23. The van der Waals surface area contributed by atoms with Crippen molar-refractivity contribution in [3.63, 3.8) is 0 Å². The van der Waals surface area contributed by atoms with E-state index in [0.29, 0.717) is 41.3 Å². The van der Waals surface area contributed by atoms with Gasteiger partial charge in [-0.15, -0.1) is 0 Å². The molecule has 2 aromatic carbocycles. The van der Waals surface area contributed by atoms with Crippen LogP contribution in [0.5, 0.6) is 11.5 Å². The summed E-state index contributed by atoms with van der Waals surface area (Å²) in [4.78, 5) is 26.5. The molecule has 32 heavy (non-hydrogen) atoms. The molecule has 9 nitrogen and oxygen atoms in total. The first-order valence-electron chi connectivity index (χ1n) is 9.96. The second kappa shape index (κ2) is 9.90. The number of hydrogen-bond acceptors (Lipinski definition) is 7. The average molecular weight is 463 g/mol. The maximum absolute atomic E-state index is 13.2. The molecule has 1 saturated heterocycles. The van der Waals surface area contributed by atoms with Crippen LogP contribution in [0.2, 0.25) is 0 Å². The fraction of sp³-hybridized carbons (Fsp3) is 0.364. The number of methoxy groups -OCH3 is 3. The number of carbonyl (C=O) groups is 2. The van der Waals surface area contributed by atoms with Crippen LogP contribution in [-0.2, 0) is 26.1 Å². The minimum absolute atomic E-state index is 0.115. The predicted octanol–water partition coefficient (Wildman–Crippen LogP) is 2.06. The summed E-state index contributed by atoms with van der Waals surface area (Å²) < 4.78 is 40.9. The third kappa shape index (κ3) is 5.31. The molecule has 0 unspecified atom stereocenters. The third-order valence-electron chi connectivity index (χ3n) is 5.12. The van der Waals surface area contributed by atoms with E-state index < -0.39 is 21.9 Å². The van der Waals surface area contributed by atoms with Gasteiger partial charge in [0.15, 0.2) is 0 Å². The highest BCUT2D eigenvalue weighted by atomic mass is 32.2. The SMILES string of the molecule is COC(=O)CN(Cc1cc(OC)cc(OC)c1)C(=O)c1ccc(N2CCCS2(=O)=O)cc1. The zero-order valence-corrected chi connectivity index (χ0v) is 19.1. The van der Waals surface area contributed by atoms with E-state index in [1.54, 1.807) is 42.5 Å². The summed E-state index contributed by atoms with van der Waals surface area (Å²) in [7, 11) is 0.997.